The summed E-state index contributed by atoms with van der Waals surface area (Å²) >= 11 is 0. The Bertz CT molecular complexity index is 1360. The van der Waals surface area contributed by atoms with Crippen LogP contribution in [0, 0.1) is 0 Å². The Morgan fingerprint density at radius 2 is 1.74 bits per heavy atom. The molecule has 0 spiro atoms. The van der Waals surface area contributed by atoms with Crippen molar-refractivity contribution >= 4 is 35.3 Å². The van der Waals surface area contributed by atoms with Crippen LogP contribution in [0.2, 0.25) is 0 Å². The van der Waals surface area contributed by atoms with E-state index in [1.54, 1.807) is 54.6 Å². The van der Waals surface area contributed by atoms with Crippen molar-refractivity contribution in [3.8, 4) is 0 Å². The highest BCUT2D eigenvalue weighted by Crippen LogP contribution is 2.29. The van der Waals surface area contributed by atoms with E-state index >= 15 is 0 Å². The van der Waals surface area contributed by atoms with Crippen LogP contribution in [-0.4, -0.2) is 48.7 Å². The van der Waals surface area contributed by atoms with Crippen LogP contribution >= 0.6 is 0 Å². The summed E-state index contributed by atoms with van der Waals surface area (Å²) in [6.07, 6.45) is 1.82. The van der Waals surface area contributed by atoms with Crippen molar-refractivity contribution < 1.29 is 29.0 Å². The highest BCUT2D eigenvalue weighted by atomic mass is 16.6. The van der Waals surface area contributed by atoms with Gasteiger partial charge in [0.25, 0.3) is 5.91 Å². The highest BCUT2D eigenvalue weighted by molar-refractivity contribution is 6.08. The predicted molar refractivity (Wildman–Crippen MR) is 148 cm³/mol. The third kappa shape index (κ3) is 7.53. The first-order valence-electron chi connectivity index (χ1n) is 12.1. The highest BCUT2D eigenvalue weighted by Gasteiger charge is 2.26. The first-order chi connectivity index (χ1) is 18.7. The van der Waals surface area contributed by atoms with Gasteiger partial charge in [-0.2, -0.15) is 0 Å². The van der Waals surface area contributed by atoms with E-state index in [1.165, 1.54) is 15.9 Å². The normalized spacial score (nSPS) is 11.5. The maximum atomic E-state index is 12.6. The van der Waals surface area contributed by atoms with Gasteiger partial charge in [-0.1, -0.05) is 49.1 Å². The maximum absolute atomic E-state index is 12.6. The fourth-order valence-electron chi connectivity index (χ4n) is 3.94. The van der Waals surface area contributed by atoms with E-state index in [9.17, 15) is 19.2 Å². The van der Waals surface area contributed by atoms with Crippen LogP contribution in [0.4, 0.5) is 16.2 Å². The monoisotopic (exact) mass is 530 g/mol. The van der Waals surface area contributed by atoms with Crippen LogP contribution in [0.15, 0.2) is 85.5 Å². The Hall–Kier alpha value is -4.96. The zero-order valence-corrected chi connectivity index (χ0v) is 21.3. The summed E-state index contributed by atoms with van der Waals surface area (Å²) in [6, 6.07) is 20.7. The maximum Gasteiger partial charge on any atom is 0.414 e. The van der Waals surface area contributed by atoms with E-state index in [2.05, 4.69) is 6.58 Å². The first-order valence-corrected chi connectivity index (χ1v) is 12.1. The van der Waals surface area contributed by atoms with Crippen molar-refractivity contribution in [3.05, 3.63) is 108 Å². The van der Waals surface area contributed by atoms with Crippen LogP contribution in [-0.2, 0) is 22.5 Å². The first kappa shape index (κ1) is 28.6. The molecule has 10 heteroatoms. The number of nitrogens with zero attached hydrogens (tertiary/aromatic N) is 2. The number of carboxylic acid groups (broad SMARTS) is 1. The van der Waals surface area contributed by atoms with E-state index in [-0.39, 0.29) is 12.5 Å². The second kappa shape index (κ2) is 13.5. The average Bonchev–Trinajstić information content (AvgIpc) is 3.38. The Kier molecular flexibility index (Phi) is 9.94. The number of anilines is 2. The van der Waals surface area contributed by atoms with E-state index in [0.717, 1.165) is 17.5 Å². The average molecular weight is 531 g/mol. The van der Waals surface area contributed by atoms with Crippen molar-refractivity contribution in [1.82, 2.24) is 0 Å². The quantitative estimate of drug-likeness (QED) is 0.377. The number of ether oxygens (including phenoxy) is 1. The van der Waals surface area contributed by atoms with Gasteiger partial charge in [0.1, 0.15) is 13.2 Å². The molecule has 1 heterocycles. The molecule has 0 unspecified atom stereocenters. The fourth-order valence-corrected chi connectivity index (χ4v) is 3.94. The summed E-state index contributed by atoms with van der Waals surface area (Å²) in [5, 5.41) is 9.03. The molecule has 0 atom stereocenters. The molecule has 0 radical (unpaired) electrons. The molecule has 1 aliphatic heterocycles. The minimum Gasteiger partial charge on any atom is -0.480 e. The lowest BCUT2D eigenvalue weighted by Gasteiger charge is -2.21. The number of aliphatic carboxylic acids is 1. The van der Waals surface area contributed by atoms with Crippen LogP contribution in [0.25, 0.3) is 0 Å². The smallest absolute Gasteiger partial charge is 0.414 e. The summed E-state index contributed by atoms with van der Waals surface area (Å²) in [5.74, 6) is -1.94. The molecule has 0 bridgehead atoms. The number of fused-ring (bicyclic) bond motifs is 1. The van der Waals surface area contributed by atoms with Gasteiger partial charge in [0.2, 0.25) is 5.91 Å². The number of amides is 3. The number of benzene rings is 3. The number of carbonyl (C=O) groups excluding carboxylic acids is 3. The predicted octanol–water partition coefficient (Wildman–Crippen LogP) is 3.35. The molecule has 3 aromatic rings. The van der Waals surface area contributed by atoms with Gasteiger partial charge < -0.3 is 21.3 Å². The van der Waals surface area contributed by atoms with Gasteiger partial charge >= 0.3 is 12.1 Å². The summed E-state index contributed by atoms with van der Waals surface area (Å²) in [5.41, 5.74) is 14.7. The molecule has 3 amide bonds. The largest absolute Gasteiger partial charge is 0.480 e. The number of nitrogens with two attached hydrogens (primary N) is 2. The third-order valence-corrected chi connectivity index (χ3v) is 5.83. The lowest BCUT2D eigenvalue weighted by atomic mass is 10.1. The number of carboxylic acids is 1. The molecule has 0 saturated heterocycles. The molecule has 0 saturated carbocycles. The fraction of sp³-hybridized carbons (Fsp3) is 0.172. The van der Waals surface area contributed by atoms with Gasteiger partial charge in [0, 0.05) is 29.9 Å². The van der Waals surface area contributed by atoms with Crippen molar-refractivity contribution in [1.29, 1.82) is 0 Å². The zero-order valence-electron chi connectivity index (χ0n) is 21.3. The minimum atomic E-state index is -1.07. The number of para-hydroxylation sites is 1. The summed E-state index contributed by atoms with van der Waals surface area (Å²) in [7, 11) is 0. The molecule has 39 heavy (non-hydrogen) atoms. The van der Waals surface area contributed by atoms with Crippen molar-refractivity contribution in [3.63, 3.8) is 0 Å². The number of primary amides is 1. The number of hydrogen-bond donors (Lipinski definition) is 3. The van der Waals surface area contributed by atoms with Gasteiger partial charge in [-0.05, 0) is 53.9 Å². The third-order valence-electron chi connectivity index (χ3n) is 5.83. The Balaban J connectivity index is 0.000000218. The molecule has 5 N–H and O–H groups in total. The standard InChI is InChI=1S/C16H16N2O3.C13H14N2O3/c17-10-12-5-4-6-13(9-12)16(21)18(11-15(19)20)14-7-2-1-3-8-14;1-2-7-18-13(17)15-6-5-9-3-4-10(12(14)16)8-11(9)15/h1-9H,10-11,17H2,(H,19,20);2-4,8H,1,5-7H2,(H2,14,16). The molecular formula is C29H30N4O6. The molecule has 0 aromatic heterocycles. The van der Waals surface area contributed by atoms with E-state index in [0.29, 0.717) is 35.6 Å². The van der Waals surface area contributed by atoms with Crippen LogP contribution in [0.1, 0.15) is 31.8 Å². The second-order valence-corrected chi connectivity index (χ2v) is 8.50. The number of rotatable bonds is 8. The zero-order chi connectivity index (χ0) is 28.4. The Morgan fingerprint density at radius 3 is 2.38 bits per heavy atom. The van der Waals surface area contributed by atoms with Crippen LogP contribution in [0.5, 0.6) is 0 Å². The summed E-state index contributed by atoms with van der Waals surface area (Å²) in [6.45, 7) is 4.13. The SMILES string of the molecule is C=CCOC(=O)N1CCc2ccc(C(N)=O)cc21.NCc1cccc(C(=O)N(CC(=O)O)c2ccccc2)c1. The van der Waals surface area contributed by atoms with Crippen molar-refractivity contribution in [2.45, 2.75) is 13.0 Å². The minimum absolute atomic E-state index is 0.167. The second-order valence-electron chi connectivity index (χ2n) is 8.50. The lowest BCUT2D eigenvalue weighted by Crippen LogP contribution is -2.35. The Labute approximate surface area is 226 Å². The van der Waals surface area contributed by atoms with Gasteiger partial charge in [0.15, 0.2) is 0 Å². The molecule has 0 aliphatic carbocycles. The molecule has 4 rings (SSSR count). The van der Waals surface area contributed by atoms with Crippen molar-refractivity contribution in [2.75, 3.05) is 29.5 Å². The van der Waals surface area contributed by atoms with Crippen LogP contribution in [0.3, 0.4) is 0 Å². The van der Waals surface area contributed by atoms with E-state index < -0.39 is 24.5 Å². The van der Waals surface area contributed by atoms with Gasteiger partial charge in [-0.25, -0.2) is 4.79 Å². The molecule has 1 aliphatic rings. The van der Waals surface area contributed by atoms with Crippen molar-refractivity contribution in [2.24, 2.45) is 11.5 Å². The van der Waals surface area contributed by atoms with Gasteiger partial charge in [-0.3, -0.25) is 24.2 Å². The number of hydrogen-bond acceptors (Lipinski definition) is 6. The molecule has 0 fully saturated rings. The lowest BCUT2D eigenvalue weighted by molar-refractivity contribution is -0.135. The molecular weight excluding hydrogens is 500 g/mol. The number of carbonyl (C=O) groups is 4. The van der Waals surface area contributed by atoms with Gasteiger partial charge in [-0.15, -0.1) is 0 Å². The van der Waals surface area contributed by atoms with Gasteiger partial charge in [0.05, 0.1) is 5.69 Å². The van der Waals surface area contributed by atoms with E-state index in [1.807, 2.05) is 18.2 Å². The topological polar surface area (TPSA) is 156 Å². The summed E-state index contributed by atoms with van der Waals surface area (Å²) in [4.78, 5) is 49.2. The van der Waals surface area contributed by atoms with Crippen LogP contribution < -0.4 is 21.3 Å². The molecule has 3 aromatic carbocycles. The summed E-state index contributed by atoms with van der Waals surface area (Å²) < 4.78 is 4.99. The Morgan fingerprint density at radius 1 is 1.00 bits per heavy atom. The molecule has 10 nitrogen and oxygen atoms in total. The van der Waals surface area contributed by atoms with E-state index in [4.69, 9.17) is 21.3 Å². The molecule has 202 valence electrons.